The van der Waals surface area contributed by atoms with Gasteiger partial charge >= 0.3 is 0 Å². The molecule has 0 heterocycles. The molecule has 0 spiro atoms. The molecular formula is C14H22BrNO3. The molecule has 5 heteroatoms. The van der Waals surface area contributed by atoms with Gasteiger partial charge in [0.2, 0.25) is 0 Å². The Bertz CT molecular complexity index is 396. The van der Waals surface area contributed by atoms with Gasteiger partial charge in [-0.3, -0.25) is 0 Å². The molecule has 1 aromatic rings. The average Bonchev–Trinajstić information content (AvgIpc) is 2.39. The van der Waals surface area contributed by atoms with Gasteiger partial charge in [-0.2, -0.15) is 0 Å². The Balaban J connectivity index is 2.72. The van der Waals surface area contributed by atoms with Crippen LogP contribution in [0.15, 0.2) is 22.7 Å². The van der Waals surface area contributed by atoms with Crippen molar-refractivity contribution < 1.29 is 14.2 Å². The topological polar surface area (TPSA) is 39.7 Å². The fraction of sp³-hybridized carbons (Fsp3) is 0.571. The number of halogens is 1. The first-order valence-corrected chi connectivity index (χ1v) is 6.97. The lowest BCUT2D eigenvalue weighted by atomic mass is 10.1. The first kappa shape index (κ1) is 16.4. The first-order chi connectivity index (χ1) is 9.03. The van der Waals surface area contributed by atoms with E-state index >= 15 is 0 Å². The maximum Gasteiger partial charge on any atom is 0.171 e. The number of benzene rings is 1. The number of ether oxygens (including phenoxy) is 3. The van der Waals surface area contributed by atoms with E-state index in [0.29, 0.717) is 0 Å². The third-order valence-electron chi connectivity index (χ3n) is 3.06. The molecule has 1 rings (SSSR count). The van der Waals surface area contributed by atoms with E-state index in [2.05, 4.69) is 34.2 Å². The molecule has 2 unspecified atom stereocenters. The van der Waals surface area contributed by atoms with Gasteiger partial charge in [-0.05, 0) is 47.5 Å². The molecule has 2 atom stereocenters. The molecule has 0 saturated carbocycles. The third-order valence-corrected chi connectivity index (χ3v) is 3.68. The van der Waals surface area contributed by atoms with Crippen LogP contribution in [0.2, 0.25) is 0 Å². The van der Waals surface area contributed by atoms with Gasteiger partial charge < -0.3 is 19.5 Å². The Morgan fingerprint density at radius 3 is 2.21 bits per heavy atom. The monoisotopic (exact) mass is 331 g/mol. The zero-order valence-corrected chi connectivity index (χ0v) is 13.7. The maximum atomic E-state index is 5.24. The summed E-state index contributed by atoms with van der Waals surface area (Å²) in [7, 11) is 4.94. The second kappa shape index (κ2) is 7.85. The maximum absolute atomic E-state index is 5.24. The molecule has 19 heavy (non-hydrogen) atoms. The van der Waals surface area contributed by atoms with Gasteiger partial charge in [-0.15, -0.1) is 0 Å². The Morgan fingerprint density at radius 2 is 1.74 bits per heavy atom. The summed E-state index contributed by atoms with van der Waals surface area (Å²) < 4.78 is 16.7. The molecule has 0 saturated heterocycles. The fourth-order valence-electron chi connectivity index (χ4n) is 2.03. The smallest absolute Gasteiger partial charge is 0.171 e. The van der Waals surface area contributed by atoms with Crippen LogP contribution in [-0.2, 0) is 9.47 Å². The Kier molecular flexibility index (Phi) is 6.79. The van der Waals surface area contributed by atoms with Crippen LogP contribution in [0.5, 0.6) is 5.75 Å². The van der Waals surface area contributed by atoms with Crippen LogP contribution in [0.4, 0.5) is 0 Å². The van der Waals surface area contributed by atoms with Crippen LogP contribution in [0.3, 0.4) is 0 Å². The summed E-state index contributed by atoms with van der Waals surface area (Å²) >= 11 is 3.50. The van der Waals surface area contributed by atoms with Crippen molar-refractivity contribution in [2.75, 3.05) is 21.3 Å². The summed E-state index contributed by atoms with van der Waals surface area (Å²) in [6.45, 7) is 4.14. The summed E-state index contributed by atoms with van der Waals surface area (Å²) in [5, 5.41) is 3.45. The molecule has 0 aliphatic heterocycles. The molecule has 0 aliphatic rings. The lowest BCUT2D eigenvalue weighted by Gasteiger charge is -2.26. The highest BCUT2D eigenvalue weighted by Gasteiger charge is 2.18. The third kappa shape index (κ3) is 4.45. The molecule has 0 fully saturated rings. The minimum absolute atomic E-state index is 0.0888. The van der Waals surface area contributed by atoms with Crippen LogP contribution in [0.25, 0.3) is 0 Å². The van der Waals surface area contributed by atoms with E-state index in [1.165, 1.54) is 5.56 Å². The second-order valence-electron chi connectivity index (χ2n) is 4.41. The van der Waals surface area contributed by atoms with E-state index in [9.17, 15) is 0 Å². The molecule has 0 amide bonds. The number of rotatable bonds is 7. The minimum Gasteiger partial charge on any atom is -0.496 e. The van der Waals surface area contributed by atoms with Gasteiger partial charge in [0, 0.05) is 20.3 Å². The van der Waals surface area contributed by atoms with Crippen LogP contribution >= 0.6 is 15.9 Å². The van der Waals surface area contributed by atoms with Gasteiger partial charge in [0.05, 0.1) is 17.6 Å². The zero-order chi connectivity index (χ0) is 14.4. The highest BCUT2D eigenvalue weighted by atomic mass is 79.9. The van der Waals surface area contributed by atoms with Gasteiger partial charge in [0.25, 0.3) is 0 Å². The highest BCUT2D eigenvalue weighted by molar-refractivity contribution is 9.10. The zero-order valence-electron chi connectivity index (χ0n) is 12.1. The molecule has 4 nitrogen and oxygen atoms in total. The van der Waals surface area contributed by atoms with Crippen molar-refractivity contribution >= 4 is 15.9 Å². The Morgan fingerprint density at radius 1 is 1.11 bits per heavy atom. The first-order valence-electron chi connectivity index (χ1n) is 6.18. The predicted octanol–water partition coefficient (Wildman–Crippen LogP) is 3.12. The lowest BCUT2D eigenvalue weighted by molar-refractivity contribution is -0.120. The van der Waals surface area contributed by atoms with Gasteiger partial charge in [-0.1, -0.05) is 6.07 Å². The molecule has 1 aromatic carbocycles. The van der Waals surface area contributed by atoms with Crippen molar-refractivity contribution in [3.05, 3.63) is 28.2 Å². The van der Waals surface area contributed by atoms with Crippen LogP contribution in [0.1, 0.15) is 25.5 Å². The van der Waals surface area contributed by atoms with Gasteiger partial charge in [-0.25, -0.2) is 0 Å². The van der Waals surface area contributed by atoms with Crippen molar-refractivity contribution in [1.82, 2.24) is 5.32 Å². The van der Waals surface area contributed by atoms with Crippen molar-refractivity contribution in [3.8, 4) is 5.75 Å². The molecule has 0 radical (unpaired) electrons. The summed E-state index contributed by atoms with van der Waals surface area (Å²) in [5.41, 5.74) is 1.17. The van der Waals surface area contributed by atoms with E-state index in [1.807, 2.05) is 19.1 Å². The van der Waals surface area contributed by atoms with Crippen LogP contribution in [0, 0.1) is 0 Å². The summed E-state index contributed by atoms with van der Waals surface area (Å²) in [6, 6.07) is 6.32. The van der Waals surface area contributed by atoms with E-state index in [1.54, 1.807) is 21.3 Å². The largest absolute Gasteiger partial charge is 0.496 e. The van der Waals surface area contributed by atoms with Gasteiger partial charge in [0.1, 0.15) is 5.75 Å². The molecule has 1 N–H and O–H groups in total. The lowest BCUT2D eigenvalue weighted by Crippen LogP contribution is -2.40. The summed E-state index contributed by atoms with van der Waals surface area (Å²) in [5.74, 6) is 0.829. The number of nitrogens with one attached hydrogen (secondary N) is 1. The van der Waals surface area contributed by atoms with Crippen LogP contribution in [-0.4, -0.2) is 33.7 Å². The quantitative estimate of drug-likeness (QED) is 0.779. The van der Waals surface area contributed by atoms with Crippen LogP contribution < -0.4 is 10.1 Å². The summed E-state index contributed by atoms with van der Waals surface area (Å²) in [4.78, 5) is 0. The molecule has 0 bridgehead atoms. The van der Waals surface area contributed by atoms with Crippen molar-refractivity contribution in [1.29, 1.82) is 0 Å². The van der Waals surface area contributed by atoms with E-state index in [-0.39, 0.29) is 18.4 Å². The second-order valence-corrected chi connectivity index (χ2v) is 5.27. The molecule has 0 aromatic heterocycles. The van der Waals surface area contributed by atoms with Crippen molar-refractivity contribution in [2.24, 2.45) is 0 Å². The molecule has 108 valence electrons. The fourth-order valence-corrected chi connectivity index (χ4v) is 2.58. The van der Waals surface area contributed by atoms with E-state index in [4.69, 9.17) is 14.2 Å². The van der Waals surface area contributed by atoms with Crippen molar-refractivity contribution in [2.45, 2.75) is 32.2 Å². The summed E-state index contributed by atoms with van der Waals surface area (Å²) in [6.07, 6.45) is -0.260. The number of hydrogen-bond acceptors (Lipinski definition) is 4. The average molecular weight is 332 g/mol. The SMILES string of the molecule is COc1ccc(C(C)NC(C)C(OC)OC)cc1Br. The highest BCUT2D eigenvalue weighted by Crippen LogP contribution is 2.28. The predicted molar refractivity (Wildman–Crippen MR) is 79.5 cm³/mol. The normalized spacial score (nSPS) is 14.5. The molecular weight excluding hydrogens is 310 g/mol. The van der Waals surface area contributed by atoms with Gasteiger partial charge in [0.15, 0.2) is 6.29 Å². The Hall–Kier alpha value is -0.620. The van der Waals surface area contributed by atoms with Crippen molar-refractivity contribution in [3.63, 3.8) is 0 Å². The van der Waals surface area contributed by atoms with E-state index < -0.39 is 0 Å². The van der Waals surface area contributed by atoms with E-state index in [0.717, 1.165) is 10.2 Å². The Labute approximate surface area is 123 Å². The number of hydrogen-bond donors (Lipinski definition) is 1. The standard InChI is InChI=1S/C14H22BrNO3/c1-9(16-10(2)14(18-4)19-5)11-6-7-13(17-3)12(15)8-11/h6-10,14,16H,1-5H3. The molecule has 0 aliphatic carbocycles. The minimum atomic E-state index is -0.260. The number of methoxy groups -OCH3 is 3.